The van der Waals surface area contributed by atoms with Crippen LogP contribution >= 0.6 is 11.6 Å². The molecule has 1 amide bonds. The van der Waals surface area contributed by atoms with E-state index in [0.717, 1.165) is 0 Å². The van der Waals surface area contributed by atoms with Gasteiger partial charge in [-0.15, -0.1) is 0 Å². The Labute approximate surface area is 211 Å². The van der Waals surface area contributed by atoms with Gasteiger partial charge in [0.2, 0.25) is 0 Å². The molecule has 1 aliphatic heterocycles. The molecule has 0 aromatic heterocycles. The number of halogens is 1. The number of benzene rings is 3. The first kappa shape index (κ1) is 24.8. The minimum Gasteiger partial charge on any atom is -0.507 e. The molecular formula is C27H22ClNO7. The molecule has 1 atom stereocenters. The molecule has 0 spiro atoms. The maximum Gasteiger partial charge on any atom is 0.307 e. The van der Waals surface area contributed by atoms with E-state index in [9.17, 15) is 19.5 Å². The number of carbonyl (C=O) groups excluding carboxylic acids is 2. The van der Waals surface area contributed by atoms with Crippen LogP contribution in [0.1, 0.15) is 22.7 Å². The summed E-state index contributed by atoms with van der Waals surface area (Å²) < 4.78 is 10.5. The number of hydrogen-bond acceptors (Lipinski definition) is 6. The Kier molecular flexibility index (Phi) is 6.98. The third-order valence-electron chi connectivity index (χ3n) is 5.87. The van der Waals surface area contributed by atoms with E-state index >= 15 is 0 Å². The van der Waals surface area contributed by atoms with Gasteiger partial charge < -0.3 is 19.7 Å². The first-order chi connectivity index (χ1) is 17.2. The summed E-state index contributed by atoms with van der Waals surface area (Å²) in [6.07, 6.45) is -0.181. The number of nitrogens with zero attached hydrogens (tertiary/aromatic N) is 1. The van der Waals surface area contributed by atoms with E-state index < -0.39 is 23.7 Å². The SMILES string of the molecule is COc1ccc(C2/C(=C(/O)c3ccc(Cl)c(OC)c3)C(=O)C(=O)N2c2ccc(CC(=O)O)cc2)cc1. The Hall–Kier alpha value is -4.30. The summed E-state index contributed by atoms with van der Waals surface area (Å²) in [7, 11) is 2.95. The molecule has 0 radical (unpaired) electrons. The number of ketones is 1. The second-order valence-electron chi connectivity index (χ2n) is 8.03. The zero-order chi connectivity index (χ0) is 26.0. The first-order valence-corrected chi connectivity index (χ1v) is 11.2. The number of aliphatic hydroxyl groups is 1. The van der Waals surface area contributed by atoms with Crippen molar-refractivity contribution in [2.24, 2.45) is 0 Å². The van der Waals surface area contributed by atoms with E-state index in [4.69, 9.17) is 26.2 Å². The Balaban J connectivity index is 1.88. The van der Waals surface area contributed by atoms with E-state index in [1.54, 1.807) is 48.5 Å². The van der Waals surface area contributed by atoms with Crippen LogP contribution in [0.15, 0.2) is 72.3 Å². The van der Waals surface area contributed by atoms with Crippen LogP contribution in [-0.4, -0.2) is 42.1 Å². The average Bonchev–Trinajstić information content (AvgIpc) is 3.14. The van der Waals surface area contributed by atoms with E-state index in [1.807, 2.05) is 0 Å². The highest BCUT2D eigenvalue weighted by molar-refractivity contribution is 6.51. The number of carboxylic acids is 1. The number of amides is 1. The monoisotopic (exact) mass is 507 g/mol. The van der Waals surface area contributed by atoms with Gasteiger partial charge in [0.1, 0.15) is 17.3 Å². The Morgan fingerprint density at radius 1 is 0.944 bits per heavy atom. The summed E-state index contributed by atoms with van der Waals surface area (Å²) in [6, 6.07) is 16.7. The predicted octanol–water partition coefficient (Wildman–Crippen LogP) is 4.61. The smallest absolute Gasteiger partial charge is 0.307 e. The van der Waals surface area contributed by atoms with Gasteiger partial charge in [-0.05, 0) is 53.6 Å². The van der Waals surface area contributed by atoms with Gasteiger partial charge >= 0.3 is 5.97 Å². The minimum atomic E-state index is -0.986. The Morgan fingerprint density at radius 2 is 1.61 bits per heavy atom. The lowest BCUT2D eigenvalue weighted by Crippen LogP contribution is -2.29. The van der Waals surface area contributed by atoms with Gasteiger partial charge in [0.25, 0.3) is 11.7 Å². The maximum atomic E-state index is 13.3. The summed E-state index contributed by atoms with van der Waals surface area (Å²) >= 11 is 6.11. The van der Waals surface area contributed by atoms with Gasteiger partial charge in [0.05, 0.1) is 37.3 Å². The Bertz CT molecular complexity index is 1360. The lowest BCUT2D eigenvalue weighted by atomic mass is 9.95. The largest absolute Gasteiger partial charge is 0.507 e. The topological polar surface area (TPSA) is 113 Å². The fourth-order valence-corrected chi connectivity index (χ4v) is 4.31. The summed E-state index contributed by atoms with van der Waals surface area (Å²) in [4.78, 5) is 38.9. The summed E-state index contributed by atoms with van der Waals surface area (Å²) in [5.74, 6) is -2.18. The Morgan fingerprint density at radius 3 is 2.19 bits per heavy atom. The number of aliphatic carboxylic acids is 1. The molecule has 3 aromatic rings. The van der Waals surface area contributed by atoms with Crippen molar-refractivity contribution in [3.05, 3.63) is 94.0 Å². The molecule has 3 aromatic carbocycles. The van der Waals surface area contributed by atoms with Gasteiger partial charge in [-0.1, -0.05) is 35.9 Å². The van der Waals surface area contributed by atoms with Crippen LogP contribution < -0.4 is 14.4 Å². The lowest BCUT2D eigenvalue weighted by molar-refractivity contribution is -0.136. The number of aliphatic hydroxyl groups excluding tert-OH is 1. The molecular weight excluding hydrogens is 486 g/mol. The van der Waals surface area contributed by atoms with Crippen molar-refractivity contribution in [2.45, 2.75) is 12.5 Å². The van der Waals surface area contributed by atoms with E-state index in [1.165, 1.54) is 37.3 Å². The van der Waals surface area contributed by atoms with Gasteiger partial charge in [-0.2, -0.15) is 0 Å². The van der Waals surface area contributed by atoms with Crippen molar-refractivity contribution >= 4 is 40.7 Å². The third-order valence-corrected chi connectivity index (χ3v) is 6.18. The minimum absolute atomic E-state index is 0.107. The van der Waals surface area contributed by atoms with Crippen molar-refractivity contribution in [3.8, 4) is 11.5 Å². The molecule has 1 unspecified atom stereocenters. The molecule has 1 saturated heterocycles. The molecule has 36 heavy (non-hydrogen) atoms. The zero-order valence-electron chi connectivity index (χ0n) is 19.4. The molecule has 0 aliphatic carbocycles. The summed E-state index contributed by atoms with van der Waals surface area (Å²) in [5.41, 5.74) is 1.62. The van der Waals surface area contributed by atoms with Gasteiger partial charge in [0, 0.05) is 11.3 Å². The van der Waals surface area contributed by atoms with Crippen molar-refractivity contribution < 1.29 is 34.1 Å². The quantitative estimate of drug-likeness (QED) is 0.273. The fraction of sp³-hybridized carbons (Fsp3) is 0.148. The number of hydrogen-bond donors (Lipinski definition) is 2. The normalized spacial score (nSPS) is 16.8. The predicted molar refractivity (Wildman–Crippen MR) is 134 cm³/mol. The summed E-state index contributed by atoms with van der Waals surface area (Å²) in [5, 5.41) is 20.6. The standard InChI is InChI=1S/C27H22ClNO7/c1-35-19-10-5-16(6-11-19)24-23(25(32)17-7-12-20(28)21(14-17)36-2)26(33)27(34)29(24)18-8-3-15(4-9-18)13-22(30)31/h3-12,14,24,32H,13H2,1-2H3,(H,30,31)/b25-23-. The molecule has 0 bridgehead atoms. The molecule has 2 N–H and O–H groups in total. The lowest BCUT2D eigenvalue weighted by Gasteiger charge is -2.25. The average molecular weight is 508 g/mol. The first-order valence-electron chi connectivity index (χ1n) is 10.8. The van der Waals surface area contributed by atoms with Gasteiger partial charge in [0.15, 0.2) is 0 Å². The van der Waals surface area contributed by atoms with E-state index in [-0.39, 0.29) is 23.3 Å². The molecule has 4 rings (SSSR count). The number of carboxylic acid groups (broad SMARTS) is 1. The summed E-state index contributed by atoms with van der Waals surface area (Å²) in [6.45, 7) is 0. The van der Waals surface area contributed by atoms with Crippen molar-refractivity contribution in [3.63, 3.8) is 0 Å². The number of Topliss-reactive ketones (excluding diaryl/α,β-unsaturated/α-hetero) is 1. The van der Waals surface area contributed by atoms with Crippen LogP contribution in [0.4, 0.5) is 5.69 Å². The molecule has 184 valence electrons. The van der Waals surface area contributed by atoms with E-state index in [2.05, 4.69) is 0 Å². The zero-order valence-corrected chi connectivity index (χ0v) is 20.2. The molecule has 1 aliphatic rings. The highest BCUT2D eigenvalue weighted by Crippen LogP contribution is 2.43. The highest BCUT2D eigenvalue weighted by Gasteiger charge is 2.47. The van der Waals surface area contributed by atoms with Crippen molar-refractivity contribution in [1.82, 2.24) is 0 Å². The number of methoxy groups -OCH3 is 2. The molecule has 0 saturated carbocycles. The molecule has 9 heteroatoms. The second-order valence-corrected chi connectivity index (χ2v) is 8.44. The van der Waals surface area contributed by atoms with Crippen molar-refractivity contribution in [1.29, 1.82) is 0 Å². The van der Waals surface area contributed by atoms with Crippen LogP contribution in [0, 0.1) is 0 Å². The number of rotatable bonds is 7. The molecule has 1 fully saturated rings. The van der Waals surface area contributed by atoms with Crippen molar-refractivity contribution in [2.75, 3.05) is 19.1 Å². The number of anilines is 1. The van der Waals surface area contributed by atoms with Gasteiger partial charge in [-0.3, -0.25) is 19.3 Å². The van der Waals surface area contributed by atoms with Gasteiger partial charge in [-0.25, -0.2) is 0 Å². The van der Waals surface area contributed by atoms with Crippen LogP contribution in [0.25, 0.3) is 5.76 Å². The van der Waals surface area contributed by atoms with E-state index in [0.29, 0.717) is 33.3 Å². The van der Waals surface area contributed by atoms with Crippen LogP contribution in [-0.2, 0) is 20.8 Å². The molecule has 8 nitrogen and oxygen atoms in total. The van der Waals surface area contributed by atoms with Crippen LogP contribution in [0.2, 0.25) is 5.02 Å². The van der Waals surface area contributed by atoms with Crippen LogP contribution in [0.5, 0.6) is 11.5 Å². The highest BCUT2D eigenvalue weighted by atomic mass is 35.5. The second kappa shape index (κ2) is 10.1. The molecule has 1 heterocycles. The fourth-order valence-electron chi connectivity index (χ4n) is 4.11. The number of ether oxygens (including phenoxy) is 2. The third kappa shape index (κ3) is 4.63. The van der Waals surface area contributed by atoms with Crippen LogP contribution in [0.3, 0.4) is 0 Å². The number of carbonyl (C=O) groups is 3. The maximum absolute atomic E-state index is 13.3.